The van der Waals surface area contributed by atoms with Gasteiger partial charge in [-0.2, -0.15) is 0 Å². The van der Waals surface area contributed by atoms with E-state index in [0.717, 1.165) is 23.3 Å². The Hall–Kier alpha value is -1.32. The summed E-state index contributed by atoms with van der Waals surface area (Å²) in [6.07, 6.45) is 0. The third-order valence-corrected chi connectivity index (χ3v) is 2.80. The van der Waals surface area contributed by atoms with E-state index in [2.05, 4.69) is 11.4 Å². The second kappa shape index (κ2) is 4.68. The van der Waals surface area contributed by atoms with Gasteiger partial charge in [-0.15, -0.1) is 0 Å². The molecule has 0 bridgehead atoms. The molecule has 2 aromatic rings. The van der Waals surface area contributed by atoms with E-state index >= 15 is 0 Å². The smallest absolute Gasteiger partial charge is 0.134 e. The summed E-state index contributed by atoms with van der Waals surface area (Å²) in [6, 6.07) is 8.12. The van der Waals surface area contributed by atoms with E-state index in [0.29, 0.717) is 0 Å². The van der Waals surface area contributed by atoms with Crippen LogP contribution >= 0.6 is 0 Å². The molecule has 0 saturated carbocycles. The molecule has 1 heterocycles. The van der Waals surface area contributed by atoms with Gasteiger partial charge in [-0.25, -0.2) is 0 Å². The highest BCUT2D eigenvalue weighted by atomic mass is 16.3. The lowest BCUT2D eigenvalue weighted by Crippen LogP contribution is -2.28. The maximum atomic E-state index is 8.96. The van der Waals surface area contributed by atoms with Crippen LogP contribution in [0.4, 0.5) is 0 Å². The predicted octanol–water partition coefficient (Wildman–Crippen LogP) is 2.21. The molecule has 1 atom stereocenters. The van der Waals surface area contributed by atoms with Crippen molar-refractivity contribution in [3.8, 4) is 0 Å². The van der Waals surface area contributed by atoms with E-state index in [1.54, 1.807) is 0 Å². The Morgan fingerprint density at radius 2 is 2.12 bits per heavy atom. The van der Waals surface area contributed by atoms with Crippen molar-refractivity contribution in [2.24, 2.45) is 0 Å². The van der Waals surface area contributed by atoms with Crippen LogP contribution in [-0.2, 0) is 6.54 Å². The van der Waals surface area contributed by atoms with Crippen LogP contribution in [0.25, 0.3) is 11.0 Å². The fourth-order valence-electron chi connectivity index (χ4n) is 1.78. The largest absolute Gasteiger partial charge is 0.461 e. The van der Waals surface area contributed by atoms with Crippen molar-refractivity contribution in [2.75, 3.05) is 6.61 Å². The monoisotopic (exact) mass is 219 g/mol. The molecular weight excluding hydrogens is 202 g/mol. The highest BCUT2D eigenvalue weighted by Crippen LogP contribution is 2.24. The van der Waals surface area contributed by atoms with Gasteiger partial charge in [-0.05, 0) is 19.9 Å². The molecule has 0 radical (unpaired) electrons. The number of fused-ring (bicyclic) bond motifs is 1. The van der Waals surface area contributed by atoms with E-state index in [9.17, 15) is 0 Å². The first-order valence-corrected chi connectivity index (χ1v) is 5.53. The van der Waals surface area contributed by atoms with Crippen LogP contribution in [0.15, 0.2) is 28.7 Å². The highest BCUT2D eigenvalue weighted by molar-refractivity contribution is 5.82. The van der Waals surface area contributed by atoms with Crippen molar-refractivity contribution < 1.29 is 9.52 Å². The molecule has 1 aromatic heterocycles. The van der Waals surface area contributed by atoms with Crippen LogP contribution in [-0.4, -0.2) is 17.8 Å². The van der Waals surface area contributed by atoms with E-state index in [1.165, 1.54) is 5.56 Å². The molecule has 2 N–H and O–H groups in total. The maximum Gasteiger partial charge on any atom is 0.134 e. The van der Waals surface area contributed by atoms with Gasteiger partial charge in [0.05, 0.1) is 6.61 Å². The molecule has 1 aromatic carbocycles. The topological polar surface area (TPSA) is 45.4 Å². The van der Waals surface area contributed by atoms with Gasteiger partial charge in [0.2, 0.25) is 0 Å². The number of aliphatic hydroxyl groups excluding tert-OH is 1. The summed E-state index contributed by atoms with van der Waals surface area (Å²) >= 11 is 0. The number of aliphatic hydroxyl groups is 1. The first-order chi connectivity index (χ1) is 7.72. The number of hydrogen-bond acceptors (Lipinski definition) is 3. The molecule has 0 amide bonds. The molecule has 16 heavy (non-hydrogen) atoms. The average Bonchev–Trinajstić information content (AvgIpc) is 2.62. The Balaban J connectivity index is 2.26. The first kappa shape index (κ1) is 11.2. The summed E-state index contributed by atoms with van der Waals surface area (Å²) in [6.45, 7) is 4.80. The molecule has 1 unspecified atom stereocenters. The third kappa shape index (κ3) is 2.10. The molecule has 0 aliphatic rings. The van der Waals surface area contributed by atoms with E-state index in [-0.39, 0.29) is 12.6 Å². The van der Waals surface area contributed by atoms with Crippen LogP contribution in [0.5, 0.6) is 0 Å². The molecule has 0 spiro atoms. The quantitative estimate of drug-likeness (QED) is 0.828. The summed E-state index contributed by atoms with van der Waals surface area (Å²) < 4.78 is 5.66. The Bertz CT molecular complexity index is 476. The summed E-state index contributed by atoms with van der Waals surface area (Å²) in [5.41, 5.74) is 2.10. The van der Waals surface area contributed by atoms with Crippen LogP contribution in [0.1, 0.15) is 18.2 Å². The van der Waals surface area contributed by atoms with Crippen LogP contribution < -0.4 is 5.32 Å². The van der Waals surface area contributed by atoms with Gasteiger partial charge in [-0.1, -0.05) is 18.2 Å². The van der Waals surface area contributed by atoms with Gasteiger partial charge in [0.1, 0.15) is 11.3 Å². The molecule has 0 aliphatic heterocycles. The fraction of sp³-hybridized carbons (Fsp3) is 0.385. The Kier molecular flexibility index (Phi) is 3.27. The summed E-state index contributed by atoms with van der Waals surface area (Å²) in [4.78, 5) is 0. The Labute approximate surface area is 95.1 Å². The van der Waals surface area contributed by atoms with Crippen LogP contribution in [0, 0.1) is 6.92 Å². The molecule has 86 valence electrons. The highest BCUT2D eigenvalue weighted by Gasteiger charge is 2.10. The molecule has 0 fully saturated rings. The molecule has 2 rings (SSSR count). The SMILES string of the molecule is Cc1oc2ccccc2c1CNC(C)CO. The minimum absolute atomic E-state index is 0.105. The number of aryl methyl sites for hydroxylation is 1. The van der Waals surface area contributed by atoms with Gasteiger partial charge in [0, 0.05) is 23.5 Å². The molecule has 3 heteroatoms. The second-order valence-corrected chi connectivity index (χ2v) is 4.10. The number of furan rings is 1. The second-order valence-electron chi connectivity index (χ2n) is 4.10. The Morgan fingerprint density at radius 1 is 1.38 bits per heavy atom. The normalized spacial score (nSPS) is 13.2. The fourth-order valence-corrected chi connectivity index (χ4v) is 1.78. The van der Waals surface area contributed by atoms with Gasteiger partial charge in [0.25, 0.3) is 0 Å². The number of benzene rings is 1. The lowest BCUT2D eigenvalue weighted by atomic mass is 10.1. The third-order valence-electron chi connectivity index (χ3n) is 2.80. The molecule has 0 saturated heterocycles. The minimum Gasteiger partial charge on any atom is -0.461 e. The zero-order valence-electron chi connectivity index (χ0n) is 9.66. The van der Waals surface area contributed by atoms with Crippen molar-refractivity contribution in [2.45, 2.75) is 26.4 Å². The summed E-state index contributed by atoms with van der Waals surface area (Å²) in [5, 5.41) is 13.4. The summed E-state index contributed by atoms with van der Waals surface area (Å²) in [5.74, 6) is 0.943. The summed E-state index contributed by atoms with van der Waals surface area (Å²) in [7, 11) is 0. The van der Waals surface area contributed by atoms with Crippen molar-refractivity contribution in [3.05, 3.63) is 35.6 Å². The zero-order valence-corrected chi connectivity index (χ0v) is 9.66. The molecular formula is C13H17NO2. The molecule has 0 aliphatic carbocycles. The van der Waals surface area contributed by atoms with Gasteiger partial charge < -0.3 is 14.8 Å². The van der Waals surface area contributed by atoms with Crippen molar-refractivity contribution in [1.29, 1.82) is 0 Å². The average molecular weight is 219 g/mol. The van der Waals surface area contributed by atoms with Crippen LogP contribution in [0.2, 0.25) is 0 Å². The Morgan fingerprint density at radius 3 is 2.88 bits per heavy atom. The standard InChI is InChI=1S/C13H17NO2/c1-9(8-15)14-7-12-10(2)16-13-6-4-3-5-11(12)13/h3-6,9,14-15H,7-8H2,1-2H3. The number of rotatable bonds is 4. The van der Waals surface area contributed by atoms with Gasteiger partial charge >= 0.3 is 0 Å². The minimum atomic E-state index is 0.105. The van der Waals surface area contributed by atoms with Crippen LogP contribution in [0.3, 0.4) is 0 Å². The van der Waals surface area contributed by atoms with Crippen molar-refractivity contribution in [3.63, 3.8) is 0 Å². The zero-order chi connectivity index (χ0) is 11.5. The van der Waals surface area contributed by atoms with Crippen molar-refractivity contribution in [1.82, 2.24) is 5.32 Å². The number of nitrogens with one attached hydrogen (secondary N) is 1. The lowest BCUT2D eigenvalue weighted by Gasteiger charge is -2.09. The number of hydrogen-bond donors (Lipinski definition) is 2. The van der Waals surface area contributed by atoms with E-state index < -0.39 is 0 Å². The maximum absolute atomic E-state index is 8.96. The predicted molar refractivity (Wildman–Crippen MR) is 64.3 cm³/mol. The van der Waals surface area contributed by atoms with Gasteiger partial charge in [0.15, 0.2) is 0 Å². The number of para-hydroxylation sites is 1. The van der Waals surface area contributed by atoms with Crippen molar-refractivity contribution >= 4 is 11.0 Å². The lowest BCUT2D eigenvalue weighted by molar-refractivity contribution is 0.251. The van der Waals surface area contributed by atoms with E-state index in [4.69, 9.17) is 9.52 Å². The van der Waals surface area contributed by atoms with Gasteiger partial charge in [-0.3, -0.25) is 0 Å². The van der Waals surface area contributed by atoms with E-state index in [1.807, 2.05) is 32.0 Å². The first-order valence-electron chi connectivity index (χ1n) is 5.53. The molecule has 3 nitrogen and oxygen atoms in total.